The van der Waals surface area contributed by atoms with Gasteiger partial charge in [0.15, 0.2) is 0 Å². The van der Waals surface area contributed by atoms with Crippen molar-refractivity contribution in [2.45, 2.75) is 20.0 Å². The summed E-state index contributed by atoms with van der Waals surface area (Å²) in [6, 6.07) is 5.63. The Morgan fingerprint density at radius 1 is 1.23 bits per heavy atom. The Hall–Kier alpha value is -3.17. The van der Waals surface area contributed by atoms with Crippen molar-refractivity contribution in [3.05, 3.63) is 87.5 Å². The van der Waals surface area contributed by atoms with Crippen molar-refractivity contribution < 1.29 is 4.79 Å². The number of hydrogen-bond acceptors (Lipinski definition) is 4. The molecule has 0 saturated carbocycles. The second-order valence-corrected chi connectivity index (χ2v) is 8.53. The van der Waals surface area contributed by atoms with Crippen molar-refractivity contribution in [3.63, 3.8) is 0 Å². The second-order valence-electron chi connectivity index (χ2n) is 7.24. The van der Waals surface area contributed by atoms with Gasteiger partial charge in [0, 0.05) is 34.3 Å². The van der Waals surface area contributed by atoms with Crippen molar-refractivity contribution >= 4 is 44.6 Å². The van der Waals surface area contributed by atoms with Gasteiger partial charge in [0.1, 0.15) is 5.65 Å². The summed E-state index contributed by atoms with van der Waals surface area (Å²) >= 11 is 9.60. The van der Waals surface area contributed by atoms with Gasteiger partial charge in [-0.1, -0.05) is 11.6 Å². The second kappa shape index (κ2) is 7.82. The highest BCUT2D eigenvalue weighted by molar-refractivity contribution is 9.10. The van der Waals surface area contributed by atoms with Crippen LogP contribution in [0.5, 0.6) is 0 Å². The molecule has 0 aliphatic carbocycles. The number of aromatic nitrogens is 6. The van der Waals surface area contributed by atoms with E-state index < -0.39 is 0 Å². The molecule has 0 radical (unpaired) electrons. The monoisotopic (exact) mass is 497 g/mol. The Morgan fingerprint density at radius 2 is 2.10 bits per heavy atom. The van der Waals surface area contributed by atoms with E-state index in [1.54, 1.807) is 29.5 Å². The maximum atomic E-state index is 12.6. The predicted molar refractivity (Wildman–Crippen MR) is 120 cm³/mol. The number of fused-ring (bicyclic) bond motifs is 2. The molecule has 0 atom stereocenters. The molecule has 5 heterocycles. The molecule has 10 heteroatoms. The maximum absolute atomic E-state index is 12.6. The number of amides is 1. The van der Waals surface area contributed by atoms with Gasteiger partial charge in [-0.3, -0.25) is 9.48 Å². The lowest BCUT2D eigenvalue weighted by Gasteiger charge is -2.02. The molecule has 0 aliphatic rings. The van der Waals surface area contributed by atoms with Crippen LogP contribution in [0, 0.1) is 6.92 Å². The van der Waals surface area contributed by atoms with E-state index >= 15 is 0 Å². The lowest BCUT2D eigenvalue weighted by atomic mass is 10.3. The van der Waals surface area contributed by atoms with E-state index in [9.17, 15) is 4.79 Å². The number of pyridine rings is 2. The third-order valence-electron chi connectivity index (χ3n) is 5.00. The van der Waals surface area contributed by atoms with Crippen LogP contribution in [0.2, 0.25) is 5.02 Å². The van der Waals surface area contributed by atoms with Gasteiger partial charge >= 0.3 is 0 Å². The van der Waals surface area contributed by atoms with Crippen LogP contribution in [-0.2, 0) is 13.1 Å². The van der Waals surface area contributed by atoms with Gasteiger partial charge in [-0.25, -0.2) is 9.97 Å². The van der Waals surface area contributed by atoms with Crippen molar-refractivity contribution in [3.8, 4) is 0 Å². The fourth-order valence-corrected chi connectivity index (χ4v) is 3.88. The van der Waals surface area contributed by atoms with Crippen molar-refractivity contribution in [2.24, 2.45) is 0 Å². The largest absolute Gasteiger partial charge is 0.346 e. The normalized spacial score (nSPS) is 11.5. The Balaban J connectivity index is 1.27. The molecule has 0 fully saturated rings. The quantitative estimate of drug-likeness (QED) is 0.399. The first-order valence-electron chi connectivity index (χ1n) is 9.52. The van der Waals surface area contributed by atoms with E-state index in [2.05, 4.69) is 36.3 Å². The first-order valence-corrected chi connectivity index (χ1v) is 10.7. The average Bonchev–Trinajstić information content (AvgIpc) is 3.45. The SMILES string of the molecule is Cc1cc2nc(Cn3cc(C(=O)NCc4ncn5ccc(Cl)cc45)cn3)cn2cc1Br. The summed E-state index contributed by atoms with van der Waals surface area (Å²) in [6.07, 6.45) is 10.7. The first kappa shape index (κ1) is 19.8. The highest BCUT2D eigenvalue weighted by atomic mass is 79.9. The molecule has 5 rings (SSSR count). The molecule has 0 bridgehead atoms. The Bertz CT molecular complexity index is 1400. The minimum Gasteiger partial charge on any atom is -0.346 e. The standard InChI is InChI=1S/C21H17BrClN7O/c1-13-4-20-27-16(9-29(20)11-17(13)22)10-30-8-14(6-26-30)21(31)24-7-18-19-5-15(23)2-3-28(19)12-25-18/h2-6,8-9,11-12H,7,10H2,1H3,(H,24,31). The molecule has 0 unspecified atom stereocenters. The number of carbonyl (C=O) groups excluding carboxylic acids is 1. The zero-order valence-electron chi connectivity index (χ0n) is 16.5. The average molecular weight is 499 g/mol. The van der Waals surface area contributed by atoms with Crippen molar-refractivity contribution in [1.82, 2.24) is 33.9 Å². The molecule has 0 aliphatic heterocycles. The Labute approximate surface area is 190 Å². The molecule has 156 valence electrons. The minimum atomic E-state index is -0.219. The summed E-state index contributed by atoms with van der Waals surface area (Å²) in [5.41, 5.74) is 4.92. The van der Waals surface area contributed by atoms with Crippen LogP contribution >= 0.6 is 27.5 Å². The van der Waals surface area contributed by atoms with E-state index in [1.165, 1.54) is 0 Å². The molecule has 0 saturated heterocycles. The topological polar surface area (TPSA) is 81.5 Å². The highest BCUT2D eigenvalue weighted by Gasteiger charge is 2.12. The van der Waals surface area contributed by atoms with E-state index in [-0.39, 0.29) is 5.91 Å². The first-order chi connectivity index (χ1) is 15.0. The Morgan fingerprint density at radius 3 is 2.97 bits per heavy atom. The van der Waals surface area contributed by atoms with Gasteiger partial charge in [0.25, 0.3) is 5.91 Å². The molecule has 1 N–H and O–H groups in total. The summed E-state index contributed by atoms with van der Waals surface area (Å²) in [4.78, 5) is 21.6. The number of rotatable bonds is 5. The van der Waals surface area contributed by atoms with E-state index in [0.29, 0.717) is 23.7 Å². The van der Waals surface area contributed by atoms with Crippen LogP contribution in [0.25, 0.3) is 11.2 Å². The molecule has 0 aromatic carbocycles. The van der Waals surface area contributed by atoms with E-state index in [4.69, 9.17) is 11.6 Å². The molecule has 0 spiro atoms. The minimum absolute atomic E-state index is 0.219. The zero-order valence-corrected chi connectivity index (χ0v) is 18.8. The molecule has 5 aromatic heterocycles. The third-order valence-corrected chi connectivity index (χ3v) is 6.07. The van der Waals surface area contributed by atoms with Crippen LogP contribution in [0.4, 0.5) is 0 Å². The van der Waals surface area contributed by atoms with Gasteiger partial charge in [-0.2, -0.15) is 5.10 Å². The van der Waals surface area contributed by atoms with Crippen LogP contribution in [0.3, 0.4) is 0 Å². The fourth-order valence-electron chi connectivity index (χ4n) is 3.38. The summed E-state index contributed by atoms with van der Waals surface area (Å²) in [7, 11) is 0. The number of nitrogens with one attached hydrogen (secondary N) is 1. The highest BCUT2D eigenvalue weighted by Crippen LogP contribution is 2.19. The smallest absolute Gasteiger partial charge is 0.254 e. The number of halogens is 2. The third kappa shape index (κ3) is 3.94. The molecular weight excluding hydrogens is 482 g/mol. The van der Waals surface area contributed by atoms with E-state index in [1.807, 2.05) is 46.4 Å². The summed E-state index contributed by atoms with van der Waals surface area (Å²) < 4.78 is 6.55. The predicted octanol–water partition coefficient (Wildman–Crippen LogP) is 3.88. The van der Waals surface area contributed by atoms with Crippen LogP contribution in [-0.4, -0.2) is 34.5 Å². The van der Waals surface area contributed by atoms with Gasteiger partial charge < -0.3 is 14.1 Å². The number of carbonyl (C=O) groups is 1. The van der Waals surface area contributed by atoms with Crippen molar-refractivity contribution in [2.75, 3.05) is 0 Å². The van der Waals surface area contributed by atoms with Crippen LogP contribution in [0.1, 0.15) is 27.3 Å². The summed E-state index contributed by atoms with van der Waals surface area (Å²) in [6.45, 7) is 2.79. The Kier molecular flexibility index (Phi) is 4.99. The summed E-state index contributed by atoms with van der Waals surface area (Å²) in [5, 5.41) is 7.81. The molecular formula is C21H17BrClN7O. The fraction of sp³-hybridized carbons (Fsp3) is 0.143. The number of nitrogens with zero attached hydrogens (tertiary/aromatic N) is 6. The van der Waals surface area contributed by atoms with Gasteiger partial charge in [-0.15, -0.1) is 0 Å². The van der Waals surface area contributed by atoms with Crippen LogP contribution < -0.4 is 5.32 Å². The number of imidazole rings is 2. The summed E-state index contributed by atoms with van der Waals surface area (Å²) in [5.74, 6) is -0.219. The van der Waals surface area contributed by atoms with Crippen LogP contribution in [0.15, 0.2) is 60.0 Å². The van der Waals surface area contributed by atoms with Gasteiger partial charge in [-0.05, 0) is 46.6 Å². The van der Waals surface area contributed by atoms with Gasteiger partial charge in [0.05, 0.1) is 48.1 Å². The lowest BCUT2D eigenvalue weighted by Crippen LogP contribution is -2.22. The van der Waals surface area contributed by atoms with Crippen molar-refractivity contribution in [1.29, 1.82) is 0 Å². The number of hydrogen-bond donors (Lipinski definition) is 1. The molecule has 1 amide bonds. The molecule has 5 aromatic rings. The van der Waals surface area contributed by atoms with E-state index in [0.717, 1.165) is 32.6 Å². The lowest BCUT2D eigenvalue weighted by molar-refractivity contribution is 0.0950. The van der Waals surface area contributed by atoms with Gasteiger partial charge in [0.2, 0.25) is 0 Å². The number of aryl methyl sites for hydroxylation is 1. The molecule has 31 heavy (non-hydrogen) atoms. The zero-order chi connectivity index (χ0) is 21.5. The molecule has 8 nitrogen and oxygen atoms in total. The maximum Gasteiger partial charge on any atom is 0.254 e.